The van der Waals surface area contributed by atoms with Crippen molar-refractivity contribution in [2.75, 3.05) is 6.26 Å². The first kappa shape index (κ1) is 10.6. The SMILES string of the molecule is CSc1nc(Cl)c2c(C(F)F)noc2n1. The molecule has 0 amide bonds. The van der Waals surface area contributed by atoms with E-state index in [1.807, 2.05) is 0 Å². The second kappa shape index (κ2) is 3.90. The zero-order chi connectivity index (χ0) is 11.0. The molecule has 0 fully saturated rings. The fourth-order valence-electron chi connectivity index (χ4n) is 1.06. The van der Waals surface area contributed by atoms with Gasteiger partial charge < -0.3 is 4.52 Å². The van der Waals surface area contributed by atoms with Crippen LogP contribution in [0.15, 0.2) is 9.68 Å². The highest BCUT2D eigenvalue weighted by atomic mass is 35.5. The summed E-state index contributed by atoms with van der Waals surface area (Å²) < 4.78 is 29.6. The van der Waals surface area contributed by atoms with Gasteiger partial charge in [-0.1, -0.05) is 28.5 Å². The number of alkyl halides is 2. The highest BCUT2D eigenvalue weighted by Gasteiger charge is 2.22. The molecular weight excluding hydrogens is 248 g/mol. The molecule has 2 heterocycles. The van der Waals surface area contributed by atoms with Gasteiger partial charge in [0, 0.05) is 0 Å². The average Bonchev–Trinajstić information content (AvgIpc) is 2.61. The van der Waals surface area contributed by atoms with E-state index in [1.165, 1.54) is 11.8 Å². The summed E-state index contributed by atoms with van der Waals surface area (Å²) in [4.78, 5) is 7.68. The van der Waals surface area contributed by atoms with Crippen LogP contribution in [0.2, 0.25) is 5.15 Å². The zero-order valence-electron chi connectivity index (χ0n) is 7.37. The Labute approximate surface area is 92.0 Å². The van der Waals surface area contributed by atoms with Crippen molar-refractivity contribution in [1.29, 1.82) is 0 Å². The van der Waals surface area contributed by atoms with E-state index in [-0.39, 0.29) is 16.3 Å². The summed E-state index contributed by atoms with van der Waals surface area (Å²) in [7, 11) is 0. The van der Waals surface area contributed by atoms with Crippen molar-refractivity contribution in [2.24, 2.45) is 0 Å². The van der Waals surface area contributed by atoms with Crippen LogP contribution in [0.5, 0.6) is 0 Å². The monoisotopic (exact) mass is 251 g/mol. The molecule has 2 aromatic rings. The van der Waals surface area contributed by atoms with Gasteiger partial charge >= 0.3 is 0 Å². The lowest BCUT2D eigenvalue weighted by atomic mass is 10.3. The minimum Gasteiger partial charge on any atom is -0.335 e. The summed E-state index contributed by atoms with van der Waals surface area (Å²) in [5.74, 6) is 0. The normalized spacial score (nSPS) is 11.5. The van der Waals surface area contributed by atoms with E-state index >= 15 is 0 Å². The molecule has 0 unspecified atom stereocenters. The van der Waals surface area contributed by atoms with Gasteiger partial charge in [-0.05, 0) is 6.26 Å². The van der Waals surface area contributed by atoms with Crippen LogP contribution < -0.4 is 0 Å². The molecule has 0 spiro atoms. The Morgan fingerprint density at radius 3 is 2.73 bits per heavy atom. The van der Waals surface area contributed by atoms with E-state index in [9.17, 15) is 8.78 Å². The first-order valence-corrected chi connectivity index (χ1v) is 5.38. The lowest BCUT2D eigenvalue weighted by Gasteiger charge is -1.97. The van der Waals surface area contributed by atoms with Crippen molar-refractivity contribution < 1.29 is 13.3 Å². The fraction of sp³-hybridized carbons (Fsp3) is 0.286. The number of thioether (sulfide) groups is 1. The van der Waals surface area contributed by atoms with Gasteiger partial charge in [-0.2, -0.15) is 4.98 Å². The predicted molar refractivity (Wildman–Crippen MR) is 51.3 cm³/mol. The van der Waals surface area contributed by atoms with Crippen LogP contribution in [0, 0.1) is 0 Å². The molecule has 0 saturated carbocycles. The lowest BCUT2D eigenvalue weighted by Crippen LogP contribution is -1.90. The number of rotatable bonds is 2. The molecular formula is C7H4ClF2N3OS. The third-order valence-corrected chi connectivity index (χ3v) is 2.51. The van der Waals surface area contributed by atoms with E-state index in [1.54, 1.807) is 6.26 Å². The number of aromatic nitrogens is 3. The third kappa shape index (κ3) is 1.76. The minimum atomic E-state index is -2.76. The smallest absolute Gasteiger partial charge is 0.284 e. The summed E-state index contributed by atoms with van der Waals surface area (Å²) in [6.07, 6.45) is -1.02. The molecule has 2 aromatic heterocycles. The predicted octanol–water partition coefficient (Wildman–Crippen LogP) is 2.93. The Hall–Kier alpha value is -0.950. The van der Waals surface area contributed by atoms with Gasteiger partial charge in [-0.25, -0.2) is 13.8 Å². The molecule has 4 nitrogen and oxygen atoms in total. The molecule has 0 N–H and O–H groups in total. The quantitative estimate of drug-likeness (QED) is 0.467. The average molecular weight is 252 g/mol. The maximum absolute atomic E-state index is 12.5. The van der Waals surface area contributed by atoms with Crippen LogP contribution in [0.1, 0.15) is 12.1 Å². The van der Waals surface area contributed by atoms with E-state index in [0.29, 0.717) is 5.16 Å². The third-order valence-electron chi connectivity index (χ3n) is 1.69. The number of fused-ring (bicyclic) bond motifs is 1. The molecule has 0 saturated heterocycles. The second-order valence-corrected chi connectivity index (χ2v) is 3.68. The minimum absolute atomic E-state index is 0.0188. The first-order valence-electron chi connectivity index (χ1n) is 3.78. The van der Waals surface area contributed by atoms with Gasteiger partial charge in [0.2, 0.25) is 0 Å². The van der Waals surface area contributed by atoms with Crippen LogP contribution >= 0.6 is 23.4 Å². The van der Waals surface area contributed by atoms with Crippen LogP contribution in [0.3, 0.4) is 0 Å². The molecule has 0 aliphatic carbocycles. The number of hydrogen-bond acceptors (Lipinski definition) is 5. The second-order valence-electron chi connectivity index (χ2n) is 2.55. The molecule has 80 valence electrons. The van der Waals surface area contributed by atoms with E-state index in [0.717, 1.165) is 0 Å². The summed E-state index contributed by atoms with van der Waals surface area (Å²) in [6, 6.07) is 0. The molecule has 0 aromatic carbocycles. The number of hydrogen-bond donors (Lipinski definition) is 0. The van der Waals surface area contributed by atoms with E-state index < -0.39 is 12.1 Å². The molecule has 0 radical (unpaired) electrons. The fourth-order valence-corrected chi connectivity index (χ4v) is 1.72. The van der Waals surface area contributed by atoms with Gasteiger partial charge in [0.15, 0.2) is 10.9 Å². The Bertz CT molecular complexity index is 504. The van der Waals surface area contributed by atoms with Gasteiger partial charge in [-0.3, -0.25) is 0 Å². The van der Waals surface area contributed by atoms with Crippen molar-refractivity contribution in [1.82, 2.24) is 15.1 Å². The Kier molecular flexibility index (Phi) is 2.74. The van der Waals surface area contributed by atoms with Gasteiger partial charge in [0.1, 0.15) is 10.5 Å². The Balaban J connectivity index is 2.71. The van der Waals surface area contributed by atoms with Crippen LogP contribution in [0.25, 0.3) is 11.1 Å². The van der Waals surface area contributed by atoms with Crippen molar-refractivity contribution in [3.8, 4) is 0 Å². The Morgan fingerprint density at radius 1 is 1.40 bits per heavy atom. The van der Waals surface area contributed by atoms with Crippen LogP contribution in [0.4, 0.5) is 8.78 Å². The maximum atomic E-state index is 12.5. The maximum Gasteiger partial charge on any atom is 0.284 e. The largest absolute Gasteiger partial charge is 0.335 e. The van der Waals surface area contributed by atoms with Crippen molar-refractivity contribution in [2.45, 2.75) is 11.6 Å². The van der Waals surface area contributed by atoms with E-state index in [2.05, 4.69) is 19.6 Å². The lowest BCUT2D eigenvalue weighted by molar-refractivity contribution is 0.142. The standard InChI is InChI=1S/C7H4ClF2N3OS/c1-15-7-11-4(8)2-3(5(9)10)13-14-6(2)12-7/h5H,1H3. The van der Waals surface area contributed by atoms with Crippen LogP contribution in [-0.4, -0.2) is 21.4 Å². The molecule has 15 heavy (non-hydrogen) atoms. The molecule has 0 bridgehead atoms. The van der Waals surface area contributed by atoms with Crippen molar-refractivity contribution >= 4 is 34.5 Å². The van der Waals surface area contributed by atoms with Crippen molar-refractivity contribution in [3.05, 3.63) is 10.8 Å². The summed E-state index contributed by atoms with van der Waals surface area (Å²) in [6.45, 7) is 0. The summed E-state index contributed by atoms with van der Waals surface area (Å²) >= 11 is 6.97. The topological polar surface area (TPSA) is 51.8 Å². The summed E-state index contributed by atoms with van der Waals surface area (Å²) in [5.41, 5.74) is -0.544. The van der Waals surface area contributed by atoms with Crippen LogP contribution in [-0.2, 0) is 0 Å². The molecule has 0 atom stereocenters. The van der Waals surface area contributed by atoms with Gasteiger partial charge in [0.25, 0.3) is 12.1 Å². The highest BCUT2D eigenvalue weighted by molar-refractivity contribution is 7.98. The molecule has 0 aliphatic heterocycles. The Morgan fingerprint density at radius 2 is 2.13 bits per heavy atom. The molecule has 2 rings (SSSR count). The van der Waals surface area contributed by atoms with E-state index in [4.69, 9.17) is 11.6 Å². The molecule has 0 aliphatic rings. The van der Waals surface area contributed by atoms with Gasteiger partial charge in [-0.15, -0.1) is 0 Å². The highest BCUT2D eigenvalue weighted by Crippen LogP contribution is 2.31. The summed E-state index contributed by atoms with van der Waals surface area (Å²) in [5, 5.41) is 3.47. The first-order chi connectivity index (χ1) is 7.13. The number of halogens is 3. The molecule has 8 heteroatoms. The van der Waals surface area contributed by atoms with Crippen molar-refractivity contribution in [3.63, 3.8) is 0 Å². The zero-order valence-corrected chi connectivity index (χ0v) is 8.94. The van der Waals surface area contributed by atoms with Gasteiger partial charge in [0.05, 0.1) is 0 Å². The number of nitrogens with zero attached hydrogens (tertiary/aromatic N) is 3.